The first-order valence-corrected chi connectivity index (χ1v) is 11.7. The van der Waals surface area contributed by atoms with E-state index in [0.717, 1.165) is 21.6 Å². The third-order valence-corrected chi connectivity index (χ3v) is 5.63. The SMILES string of the molecule is CN(C)C(=O)CCSc1cc(-c2cn[nH]c2)ccc1NC(=O)OCc1ccccc1.O=C(O)C(F)(F)F. The van der Waals surface area contributed by atoms with Gasteiger partial charge in [0.25, 0.3) is 0 Å². The fraction of sp³-hybridized carbons (Fsp3) is 0.250. The Morgan fingerprint density at radius 1 is 1.11 bits per heavy atom. The van der Waals surface area contributed by atoms with Gasteiger partial charge in [0.2, 0.25) is 5.91 Å². The molecule has 0 aliphatic heterocycles. The summed E-state index contributed by atoms with van der Waals surface area (Å²) in [7, 11) is 3.48. The van der Waals surface area contributed by atoms with Crippen molar-refractivity contribution in [3.8, 4) is 11.1 Å². The normalized spacial score (nSPS) is 10.6. The largest absolute Gasteiger partial charge is 0.490 e. The molecule has 0 aliphatic rings. The molecule has 0 spiro atoms. The van der Waals surface area contributed by atoms with Crippen LogP contribution < -0.4 is 5.32 Å². The molecule has 2 aromatic carbocycles. The zero-order valence-electron chi connectivity index (χ0n) is 19.9. The van der Waals surface area contributed by atoms with Crippen molar-refractivity contribution >= 4 is 35.4 Å². The second kappa shape index (κ2) is 13.9. The van der Waals surface area contributed by atoms with Gasteiger partial charge in [0.05, 0.1) is 11.9 Å². The number of hydrogen-bond acceptors (Lipinski definition) is 6. The molecule has 9 nitrogen and oxygen atoms in total. The van der Waals surface area contributed by atoms with E-state index in [-0.39, 0.29) is 12.5 Å². The van der Waals surface area contributed by atoms with Crippen molar-refractivity contribution in [2.75, 3.05) is 25.2 Å². The maximum atomic E-state index is 12.3. The van der Waals surface area contributed by atoms with Crippen LogP contribution in [0.5, 0.6) is 0 Å². The van der Waals surface area contributed by atoms with E-state index in [4.69, 9.17) is 14.6 Å². The molecule has 0 fully saturated rings. The number of hydrogen-bond donors (Lipinski definition) is 3. The summed E-state index contributed by atoms with van der Waals surface area (Å²) in [5.41, 5.74) is 3.47. The molecule has 0 saturated carbocycles. The van der Waals surface area contributed by atoms with Gasteiger partial charge in [-0.3, -0.25) is 15.2 Å². The first-order valence-electron chi connectivity index (χ1n) is 10.7. The van der Waals surface area contributed by atoms with E-state index >= 15 is 0 Å². The molecule has 0 bridgehead atoms. The van der Waals surface area contributed by atoms with Gasteiger partial charge in [0.15, 0.2) is 0 Å². The molecule has 3 N–H and O–H groups in total. The van der Waals surface area contributed by atoms with Crippen LogP contribution in [0.2, 0.25) is 0 Å². The average Bonchev–Trinajstić information content (AvgIpc) is 3.39. The molecule has 1 aromatic heterocycles. The molecule has 37 heavy (non-hydrogen) atoms. The van der Waals surface area contributed by atoms with Gasteiger partial charge in [0, 0.05) is 42.9 Å². The first kappa shape index (κ1) is 29.2. The molecule has 0 saturated heterocycles. The summed E-state index contributed by atoms with van der Waals surface area (Å²) >= 11 is 1.51. The Morgan fingerprint density at radius 3 is 2.35 bits per heavy atom. The number of nitrogens with one attached hydrogen (secondary N) is 2. The van der Waals surface area contributed by atoms with E-state index < -0.39 is 18.2 Å². The molecular formula is C24H25F3N4O5S. The minimum atomic E-state index is -5.08. The lowest BCUT2D eigenvalue weighted by atomic mass is 10.1. The molecule has 0 aliphatic carbocycles. The lowest BCUT2D eigenvalue weighted by Gasteiger charge is -2.14. The van der Waals surface area contributed by atoms with Crippen molar-refractivity contribution < 1.29 is 37.4 Å². The van der Waals surface area contributed by atoms with Crippen molar-refractivity contribution in [3.05, 3.63) is 66.5 Å². The molecule has 3 rings (SSSR count). The number of nitrogens with zero attached hydrogens (tertiary/aromatic N) is 2. The fourth-order valence-corrected chi connectivity index (χ4v) is 3.66. The number of halogens is 3. The van der Waals surface area contributed by atoms with Crippen molar-refractivity contribution in [1.82, 2.24) is 15.1 Å². The Morgan fingerprint density at radius 2 is 1.78 bits per heavy atom. The highest BCUT2D eigenvalue weighted by Gasteiger charge is 2.38. The van der Waals surface area contributed by atoms with Gasteiger partial charge in [-0.25, -0.2) is 9.59 Å². The number of alkyl halides is 3. The van der Waals surface area contributed by atoms with E-state index in [0.29, 0.717) is 17.9 Å². The standard InChI is InChI=1S/C22H24N4O3S.C2HF3O2/c1-26(2)21(27)10-11-30-20-12-17(18-13-23-24-14-18)8-9-19(20)25-22(28)29-15-16-6-4-3-5-7-16;3-2(4,5)1(6)7/h3-9,12-14H,10-11,15H2,1-2H3,(H,23,24)(H,25,28);(H,6,7). The summed E-state index contributed by atoms with van der Waals surface area (Å²) in [6, 6.07) is 15.2. The molecule has 1 heterocycles. The van der Waals surface area contributed by atoms with Crippen LogP contribution in [-0.4, -0.2) is 64.2 Å². The van der Waals surface area contributed by atoms with Gasteiger partial charge in [-0.05, 0) is 23.3 Å². The molecule has 0 unspecified atom stereocenters. The van der Waals surface area contributed by atoms with Crippen molar-refractivity contribution in [3.63, 3.8) is 0 Å². The quantitative estimate of drug-likeness (QED) is 0.344. The summed E-state index contributed by atoms with van der Waals surface area (Å²) in [5, 5.41) is 16.7. The van der Waals surface area contributed by atoms with Crippen molar-refractivity contribution in [2.45, 2.75) is 24.1 Å². The smallest absolute Gasteiger partial charge is 0.475 e. The number of thioether (sulfide) groups is 1. The lowest BCUT2D eigenvalue weighted by Crippen LogP contribution is -2.21. The molecule has 0 atom stereocenters. The second-order valence-electron chi connectivity index (χ2n) is 7.57. The van der Waals surface area contributed by atoms with E-state index in [1.165, 1.54) is 11.8 Å². The molecular weight excluding hydrogens is 513 g/mol. The second-order valence-corrected chi connectivity index (χ2v) is 8.71. The van der Waals surface area contributed by atoms with Gasteiger partial charge < -0.3 is 14.7 Å². The minimum Gasteiger partial charge on any atom is -0.475 e. The maximum Gasteiger partial charge on any atom is 0.490 e. The zero-order valence-corrected chi connectivity index (χ0v) is 20.7. The summed E-state index contributed by atoms with van der Waals surface area (Å²) in [5.74, 6) is -2.10. The predicted octanol–water partition coefficient (Wildman–Crippen LogP) is 5.03. The zero-order chi connectivity index (χ0) is 27.4. The number of H-pyrrole nitrogens is 1. The van der Waals surface area contributed by atoms with E-state index in [9.17, 15) is 22.8 Å². The number of aromatic amines is 1. The molecule has 2 amide bonds. The van der Waals surface area contributed by atoms with Crippen LogP contribution in [0.15, 0.2) is 65.8 Å². The monoisotopic (exact) mass is 538 g/mol. The first-order chi connectivity index (χ1) is 17.5. The highest BCUT2D eigenvalue weighted by Crippen LogP contribution is 2.32. The number of carbonyl (C=O) groups excluding carboxylic acids is 2. The van der Waals surface area contributed by atoms with Crippen LogP contribution >= 0.6 is 11.8 Å². The van der Waals surface area contributed by atoms with E-state index in [1.54, 1.807) is 31.4 Å². The van der Waals surface area contributed by atoms with Crippen LogP contribution in [0, 0.1) is 0 Å². The van der Waals surface area contributed by atoms with Gasteiger partial charge in [-0.15, -0.1) is 11.8 Å². The summed E-state index contributed by atoms with van der Waals surface area (Å²) in [6.45, 7) is 0.194. The number of aliphatic carboxylic acids is 1. The molecule has 13 heteroatoms. The van der Waals surface area contributed by atoms with Crippen LogP contribution in [0.4, 0.5) is 23.7 Å². The topological polar surface area (TPSA) is 125 Å². The molecule has 198 valence electrons. The van der Waals surface area contributed by atoms with Crippen molar-refractivity contribution in [1.29, 1.82) is 0 Å². The van der Waals surface area contributed by atoms with Gasteiger partial charge in [0.1, 0.15) is 6.61 Å². The fourth-order valence-electron chi connectivity index (χ4n) is 2.67. The number of benzene rings is 2. The Hall–Kier alpha value is -4.00. The van der Waals surface area contributed by atoms with Crippen LogP contribution in [0.1, 0.15) is 12.0 Å². The highest BCUT2D eigenvalue weighted by atomic mass is 32.2. The number of carboxylic acid groups (broad SMARTS) is 1. The van der Waals surface area contributed by atoms with Crippen LogP contribution in [0.25, 0.3) is 11.1 Å². The number of carboxylic acids is 1. The van der Waals surface area contributed by atoms with Gasteiger partial charge in [-0.2, -0.15) is 18.3 Å². The number of amides is 2. The van der Waals surface area contributed by atoms with E-state index in [2.05, 4.69) is 15.5 Å². The van der Waals surface area contributed by atoms with Crippen molar-refractivity contribution in [2.24, 2.45) is 0 Å². The predicted molar refractivity (Wildman–Crippen MR) is 132 cm³/mol. The lowest BCUT2D eigenvalue weighted by molar-refractivity contribution is -0.192. The highest BCUT2D eigenvalue weighted by molar-refractivity contribution is 7.99. The summed E-state index contributed by atoms with van der Waals surface area (Å²) in [4.78, 5) is 35.5. The summed E-state index contributed by atoms with van der Waals surface area (Å²) in [6.07, 6.45) is -1.66. The van der Waals surface area contributed by atoms with E-state index in [1.807, 2.05) is 48.5 Å². The number of carbonyl (C=O) groups is 3. The van der Waals surface area contributed by atoms with Gasteiger partial charge in [-0.1, -0.05) is 36.4 Å². The number of aromatic nitrogens is 2. The summed E-state index contributed by atoms with van der Waals surface area (Å²) < 4.78 is 37.1. The number of ether oxygens (including phenoxy) is 1. The third kappa shape index (κ3) is 10.3. The van der Waals surface area contributed by atoms with Crippen LogP contribution in [-0.2, 0) is 20.9 Å². The maximum absolute atomic E-state index is 12.3. The Labute approximate surface area is 215 Å². The number of anilines is 1. The number of rotatable bonds is 8. The van der Waals surface area contributed by atoms with Crippen LogP contribution in [0.3, 0.4) is 0 Å². The Balaban J connectivity index is 0.000000604. The Bertz CT molecular complexity index is 1170. The minimum absolute atomic E-state index is 0.0604. The third-order valence-electron chi connectivity index (χ3n) is 4.58. The molecule has 0 radical (unpaired) electrons. The molecule has 3 aromatic rings. The Kier molecular flexibility index (Phi) is 11.0. The average molecular weight is 539 g/mol. The van der Waals surface area contributed by atoms with Gasteiger partial charge >= 0.3 is 18.2 Å².